The molecule has 0 aliphatic rings. The van der Waals surface area contributed by atoms with Gasteiger partial charge in [-0.25, -0.2) is 4.79 Å². The number of esters is 1. The highest BCUT2D eigenvalue weighted by Crippen LogP contribution is 2.36. The lowest BCUT2D eigenvalue weighted by Gasteiger charge is -2.35. The molecule has 0 unspecified atom stereocenters. The summed E-state index contributed by atoms with van der Waals surface area (Å²) in [5.41, 5.74) is 0. The lowest BCUT2D eigenvalue weighted by Crippen LogP contribution is -2.40. The second-order valence-corrected chi connectivity index (χ2v) is 10.2. The van der Waals surface area contributed by atoms with E-state index in [-0.39, 0.29) is 18.3 Å². The van der Waals surface area contributed by atoms with Crippen LogP contribution in [0.4, 0.5) is 4.39 Å². The molecule has 0 bridgehead atoms. The maximum Gasteiger partial charge on any atom is 0.366 e. The number of hydrogen-bond donors (Lipinski definition) is 0. The van der Waals surface area contributed by atoms with E-state index in [9.17, 15) is 9.18 Å². The molecule has 0 aliphatic heterocycles. The maximum absolute atomic E-state index is 13.2. The fourth-order valence-corrected chi connectivity index (χ4v) is 1.76. The summed E-state index contributed by atoms with van der Waals surface area (Å²) in [5.74, 6) is -1.81. The molecule has 0 heterocycles. The van der Waals surface area contributed by atoms with Crippen LogP contribution >= 0.6 is 0 Å². The minimum Gasteiger partial charge on any atom is -0.461 e. The van der Waals surface area contributed by atoms with E-state index in [0.717, 1.165) is 6.08 Å². The van der Waals surface area contributed by atoms with Crippen molar-refractivity contribution in [3.8, 4) is 0 Å². The summed E-state index contributed by atoms with van der Waals surface area (Å²) < 4.78 is 23.4. The Morgan fingerprint density at radius 3 is 2.29 bits per heavy atom. The van der Waals surface area contributed by atoms with Crippen molar-refractivity contribution in [1.82, 2.24) is 0 Å². The first-order chi connectivity index (χ1) is 7.62. The molecule has 0 amide bonds. The Kier molecular flexibility index (Phi) is 6.05. The minimum absolute atomic E-state index is 0.0707. The van der Waals surface area contributed by atoms with Crippen LogP contribution in [-0.4, -0.2) is 27.5 Å². The van der Waals surface area contributed by atoms with Gasteiger partial charge in [-0.1, -0.05) is 20.8 Å². The predicted molar refractivity (Wildman–Crippen MR) is 69.0 cm³/mol. The second kappa shape index (κ2) is 6.30. The van der Waals surface area contributed by atoms with Gasteiger partial charge in [0.2, 0.25) is 5.83 Å². The van der Waals surface area contributed by atoms with Crippen LogP contribution in [0.2, 0.25) is 18.1 Å². The molecule has 100 valence electrons. The van der Waals surface area contributed by atoms with Crippen molar-refractivity contribution < 1.29 is 18.3 Å². The topological polar surface area (TPSA) is 35.5 Å². The van der Waals surface area contributed by atoms with Crippen LogP contribution in [0.15, 0.2) is 11.9 Å². The Hall–Kier alpha value is -0.683. The monoisotopic (exact) mass is 262 g/mol. The van der Waals surface area contributed by atoms with Crippen LogP contribution in [0, 0.1) is 0 Å². The van der Waals surface area contributed by atoms with Crippen LogP contribution < -0.4 is 0 Å². The molecule has 5 heteroatoms. The number of carbonyl (C=O) groups excluding carboxylic acids is 1. The van der Waals surface area contributed by atoms with E-state index >= 15 is 0 Å². The van der Waals surface area contributed by atoms with Gasteiger partial charge in [-0.15, -0.1) is 0 Å². The van der Waals surface area contributed by atoms with Gasteiger partial charge in [0.15, 0.2) is 8.32 Å². The summed E-state index contributed by atoms with van der Waals surface area (Å²) in [7, 11) is -1.89. The third-order valence-corrected chi connectivity index (χ3v) is 7.48. The average molecular weight is 262 g/mol. The number of rotatable bonds is 5. The van der Waals surface area contributed by atoms with Crippen molar-refractivity contribution in [2.45, 2.75) is 45.8 Å². The van der Waals surface area contributed by atoms with Gasteiger partial charge in [0.1, 0.15) is 0 Å². The van der Waals surface area contributed by atoms with Crippen molar-refractivity contribution >= 4 is 14.3 Å². The molecule has 0 N–H and O–H groups in total. The van der Waals surface area contributed by atoms with E-state index < -0.39 is 20.1 Å². The molecule has 0 aromatic heterocycles. The van der Waals surface area contributed by atoms with Gasteiger partial charge in [0.25, 0.3) is 0 Å². The Bertz CT molecular complexity index is 293. The Morgan fingerprint density at radius 2 is 1.88 bits per heavy atom. The van der Waals surface area contributed by atoms with Gasteiger partial charge in [-0.05, 0) is 31.1 Å². The summed E-state index contributed by atoms with van der Waals surface area (Å²) >= 11 is 0. The summed E-state index contributed by atoms with van der Waals surface area (Å²) in [6.07, 6.45) is 1.14. The smallest absolute Gasteiger partial charge is 0.366 e. The molecule has 0 saturated carbocycles. The summed E-state index contributed by atoms with van der Waals surface area (Å²) in [6.45, 7) is 12.4. The quantitative estimate of drug-likeness (QED) is 0.432. The van der Waals surface area contributed by atoms with Crippen molar-refractivity contribution in [3.63, 3.8) is 0 Å². The number of halogens is 1. The predicted octanol–water partition coefficient (Wildman–Crippen LogP) is 3.42. The molecule has 17 heavy (non-hydrogen) atoms. The van der Waals surface area contributed by atoms with Gasteiger partial charge in [0, 0.05) is 0 Å². The van der Waals surface area contributed by atoms with E-state index in [0.29, 0.717) is 0 Å². The largest absolute Gasteiger partial charge is 0.461 e. The molecule has 0 saturated heterocycles. The molecular weight excluding hydrogens is 239 g/mol. The molecule has 0 aliphatic carbocycles. The number of ether oxygens (including phenoxy) is 1. The highest BCUT2D eigenvalue weighted by Gasteiger charge is 2.36. The van der Waals surface area contributed by atoms with Crippen molar-refractivity contribution in [2.75, 3.05) is 13.2 Å². The van der Waals surface area contributed by atoms with Gasteiger partial charge in [0.05, 0.1) is 13.2 Å². The van der Waals surface area contributed by atoms with Crippen molar-refractivity contribution in [1.29, 1.82) is 0 Å². The number of carbonyl (C=O) groups is 1. The molecule has 0 aromatic carbocycles. The Balaban J connectivity index is 4.32. The van der Waals surface area contributed by atoms with Crippen molar-refractivity contribution in [3.05, 3.63) is 11.9 Å². The normalized spacial score (nSPS) is 13.7. The molecule has 0 aromatic rings. The van der Waals surface area contributed by atoms with Crippen LogP contribution in [0.25, 0.3) is 0 Å². The fourth-order valence-electron chi connectivity index (χ4n) is 0.823. The molecule has 0 fully saturated rings. The maximum atomic E-state index is 13.2. The molecule has 0 spiro atoms. The third-order valence-electron chi connectivity index (χ3n) is 2.98. The van der Waals surface area contributed by atoms with Gasteiger partial charge >= 0.3 is 5.97 Å². The summed E-state index contributed by atoms with van der Waals surface area (Å²) in [5, 5.41) is 0.0707. The third kappa shape index (κ3) is 5.45. The van der Waals surface area contributed by atoms with E-state index in [1.165, 1.54) is 0 Å². The Labute approximate surface area is 104 Å². The lowest BCUT2D eigenvalue weighted by atomic mass is 10.2. The fraction of sp³-hybridized carbons (Fsp3) is 0.750. The highest BCUT2D eigenvalue weighted by molar-refractivity contribution is 6.74. The van der Waals surface area contributed by atoms with Crippen molar-refractivity contribution in [2.24, 2.45) is 0 Å². The van der Waals surface area contributed by atoms with Crippen LogP contribution in [0.1, 0.15) is 27.7 Å². The van der Waals surface area contributed by atoms with Crippen LogP contribution in [0.3, 0.4) is 0 Å². The van der Waals surface area contributed by atoms with E-state index in [1.54, 1.807) is 6.92 Å². The molecule has 0 atom stereocenters. The van der Waals surface area contributed by atoms with E-state index in [1.807, 2.05) is 0 Å². The first-order valence-electron chi connectivity index (χ1n) is 5.78. The minimum atomic E-state index is -1.89. The molecule has 0 rings (SSSR count). The molecular formula is C12H23FO3Si. The second-order valence-electron chi connectivity index (χ2n) is 5.34. The molecule has 3 nitrogen and oxygen atoms in total. The summed E-state index contributed by atoms with van der Waals surface area (Å²) in [4.78, 5) is 11.0. The Morgan fingerprint density at radius 1 is 1.35 bits per heavy atom. The number of hydrogen-bond acceptors (Lipinski definition) is 3. The molecule has 0 radical (unpaired) electrons. The van der Waals surface area contributed by atoms with Gasteiger partial charge in [-0.2, -0.15) is 4.39 Å². The summed E-state index contributed by atoms with van der Waals surface area (Å²) in [6, 6.07) is 0. The zero-order valence-electron chi connectivity index (χ0n) is 11.6. The zero-order chi connectivity index (χ0) is 13.7. The SMILES string of the molecule is CCOC(=O)/C(F)=C\CO[Si](C)(C)C(C)(C)C. The highest BCUT2D eigenvalue weighted by atomic mass is 28.4. The lowest BCUT2D eigenvalue weighted by molar-refractivity contribution is -0.140. The van der Waals surface area contributed by atoms with Crippen LogP contribution in [0.5, 0.6) is 0 Å². The zero-order valence-corrected chi connectivity index (χ0v) is 12.6. The van der Waals surface area contributed by atoms with Gasteiger partial charge < -0.3 is 9.16 Å². The first-order valence-corrected chi connectivity index (χ1v) is 8.69. The average Bonchev–Trinajstić information content (AvgIpc) is 2.15. The standard InChI is InChI=1S/C12H23FO3Si/c1-7-15-11(14)10(13)8-9-16-17(5,6)12(2,3)4/h8H,7,9H2,1-6H3/b10-8+. The van der Waals surface area contributed by atoms with Gasteiger partial charge in [-0.3, -0.25) is 0 Å². The van der Waals surface area contributed by atoms with E-state index in [4.69, 9.17) is 4.43 Å². The van der Waals surface area contributed by atoms with Crippen LogP contribution in [-0.2, 0) is 14.0 Å². The first kappa shape index (κ1) is 16.3. The van der Waals surface area contributed by atoms with E-state index in [2.05, 4.69) is 38.6 Å².